The molecule has 1 aromatic carbocycles. The number of pyridine rings is 1. The Kier molecular flexibility index (Phi) is 5.99. The van der Waals surface area contributed by atoms with Gasteiger partial charge in [-0.05, 0) is 43.2 Å². The number of halogens is 1. The summed E-state index contributed by atoms with van der Waals surface area (Å²) in [6.07, 6.45) is 8.18. The summed E-state index contributed by atoms with van der Waals surface area (Å²) >= 11 is 6.67. The molecule has 0 spiro atoms. The molecule has 3 heterocycles. The van der Waals surface area contributed by atoms with E-state index >= 15 is 0 Å². The third-order valence-electron chi connectivity index (χ3n) is 5.82. The second-order valence-corrected chi connectivity index (χ2v) is 9.62. The molecule has 2 fully saturated rings. The fourth-order valence-corrected chi connectivity index (χ4v) is 5.56. The quantitative estimate of drug-likeness (QED) is 0.379. The molecule has 2 aliphatic rings. The van der Waals surface area contributed by atoms with Crippen LogP contribution in [0.2, 0.25) is 0 Å². The van der Waals surface area contributed by atoms with Gasteiger partial charge >= 0.3 is 0 Å². The minimum Gasteiger partial charge on any atom is -0.435 e. The Bertz CT molecular complexity index is 1350. The number of carbonyl (C=O) groups is 1. The number of hydrogen-bond donors (Lipinski definition) is 0. The molecule has 6 nitrogen and oxygen atoms in total. The number of carbonyl (C=O) groups excluding carboxylic acids is 1. The molecule has 9 heteroatoms. The maximum Gasteiger partial charge on any atom is 0.269 e. The lowest BCUT2D eigenvalue weighted by Crippen LogP contribution is -2.39. The summed E-state index contributed by atoms with van der Waals surface area (Å²) in [6.45, 7) is 0. The molecule has 0 atom stereocenters. The molecule has 3 aromatic rings. The van der Waals surface area contributed by atoms with E-state index in [-0.39, 0.29) is 29.1 Å². The minimum absolute atomic E-state index is 0.0610. The Labute approximate surface area is 199 Å². The van der Waals surface area contributed by atoms with E-state index in [1.807, 2.05) is 0 Å². The van der Waals surface area contributed by atoms with Crippen molar-refractivity contribution in [2.24, 2.45) is 0 Å². The van der Waals surface area contributed by atoms with Crippen LogP contribution < -0.4 is 10.3 Å². The van der Waals surface area contributed by atoms with Crippen LogP contribution in [0.3, 0.4) is 0 Å². The number of ether oxygens (including phenoxy) is 1. The number of aromatic nitrogens is 2. The van der Waals surface area contributed by atoms with Crippen LogP contribution in [0.15, 0.2) is 58.4 Å². The van der Waals surface area contributed by atoms with E-state index in [1.54, 1.807) is 41.4 Å². The summed E-state index contributed by atoms with van der Waals surface area (Å²) in [7, 11) is 0. The van der Waals surface area contributed by atoms with Crippen LogP contribution in [0.4, 0.5) is 4.39 Å². The van der Waals surface area contributed by atoms with Crippen LogP contribution in [-0.4, -0.2) is 30.6 Å². The molecule has 1 saturated heterocycles. The molecule has 168 valence electrons. The first kappa shape index (κ1) is 21.8. The van der Waals surface area contributed by atoms with Gasteiger partial charge in [-0.25, -0.2) is 4.39 Å². The molecule has 1 saturated carbocycles. The largest absolute Gasteiger partial charge is 0.435 e. The minimum atomic E-state index is -0.581. The standard InChI is InChI=1S/C24H20FN3O3S2/c25-17-10-4-5-11-18(17)31-21-16(22(29)27-13-7-6-12-20(27)26-21)14-19-23(30)28(24(32)33-19)15-8-2-1-3-9-15/h4-7,10-15H,1-3,8-9H2/b19-14+. The van der Waals surface area contributed by atoms with Gasteiger partial charge in [-0.15, -0.1) is 0 Å². The van der Waals surface area contributed by atoms with E-state index < -0.39 is 11.4 Å². The first-order chi connectivity index (χ1) is 16.0. The van der Waals surface area contributed by atoms with Crippen LogP contribution in [0.25, 0.3) is 11.7 Å². The van der Waals surface area contributed by atoms with Crippen molar-refractivity contribution >= 4 is 45.9 Å². The molecule has 0 radical (unpaired) electrons. The highest BCUT2D eigenvalue weighted by atomic mass is 32.2. The number of thiocarbonyl (C=S) groups is 1. The summed E-state index contributed by atoms with van der Waals surface area (Å²) < 4.78 is 21.8. The summed E-state index contributed by atoms with van der Waals surface area (Å²) in [6, 6.07) is 11.1. The normalized spacial score (nSPS) is 18.5. The Balaban J connectivity index is 1.59. The lowest BCUT2D eigenvalue weighted by atomic mass is 9.94. The van der Waals surface area contributed by atoms with Crippen molar-refractivity contribution in [1.29, 1.82) is 0 Å². The van der Waals surface area contributed by atoms with E-state index in [1.165, 1.54) is 34.4 Å². The van der Waals surface area contributed by atoms with Crippen LogP contribution in [0.5, 0.6) is 11.6 Å². The van der Waals surface area contributed by atoms with Crippen molar-refractivity contribution < 1.29 is 13.9 Å². The molecular formula is C24H20FN3O3S2. The summed E-state index contributed by atoms with van der Waals surface area (Å²) in [5, 5.41) is 0. The molecule has 0 bridgehead atoms. The van der Waals surface area contributed by atoms with Crippen molar-refractivity contribution in [3.8, 4) is 11.6 Å². The van der Waals surface area contributed by atoms with Gasteiger partial charge < -0.3 is 4.74 Å². The topological polar surface area (TPSA) is 63.9 Å². The Morgan fingerprint density at radius 1 is 1.09 bits per heavy atom. The molecule has 1 amide bonds. The van der Waals surface area contributed by atoms with Crippen LogP contribution in [0.1, 0.15) is 37.7 Å². The summed E-state index contributed by atoms with van der Waals surface area (Å²) in [5.74, 6) is -0.929. The van der Waals surface area contributed by atoms with Crippen molar-refractivity contribution in [2.75, 3.05) is 0 Å². The van der Waals surface area contributed by atoms with Crippen molar-refractivity contribution in [3.63, 3.8) is 0 Å². The monoisotopic (exact) mass is 481 g/mol. The number of para-hydroxylation sites is 1. The lowest BCUT2D eigenvalue weighted by Gasteiger charge is -2.29. The maximum absolute atomic E-state index is 14.3. The van der Waals surface area contributed by atoms with Gasteiger partial charge in [0.1, 0.15) is 15.5 Å². The predicted octanol–water partition coefficient (Wildman–Crippen LogP) is 5.16. The molecule has 5 rings (SSSR count). The first-order valence-electron chi connectivity index (χ1n) is 10.7. The Hall–Kier alpha value is -3.04. The highest BCUT2D eigenvalue weighted by molar-refractivity contribution is 8.26. The molecule has 0 unspecified atom stereocenters. The Morgan fingerprint density at radius 2 is 1.85 bits per heavy atom. The van der Waals surface area contributed by atoms with Gasteiger partial charge in [0.05, 0.1) is 4.91 Å². The van der Waals surface area contributed by atoms with Gasteiger partial charge in [0.25, 0.3) is 11.5 Å². The van der Waals surface area contributed by atoms with Crippen LogP contribution >= 0.6 is 24.0 Å². The third kappa shape index (κ3) is 4.18. The van der Waals surface area contributed by atoms with E-state index in [9.17, 15) is 14.0 Å². The van der Waals surface area contributed by atoms with Crippen LogP contribution in [0, 0.1) is 5.82 Å². The van der Waals surface area contributed by atoms with Crippen molar-refractivity contribution in [1.82, 2.24) is 14.3 Å². The Morgan fingerprint density at radius 3 is 2.64 bits per heavy atom. The second-order valence-electron chi connectivity index (χ2n) is 7.94. The zero-order chi connectivity index (χ0) is 22.9. The lowest BCUT2D eigenvalue weighted by molar-refractivity contribution is -0.124. The van der Waals surface area contributed by atoms with Gasteiger partial charge in [-0.1, -0.05) is 61.4 Å². The van der Waals surface area contributed by atoms with E-state index in [2.05, 4.69) is 4.98 Å². The molecule has 33 heavy (non-hydrogen) atoms. The highest BCUT2D eigenvalue weighted by Crippen LogP contribution is 2.38. The fourth-order valence-electron chi connectivity index (χ4n) is 4.18. The number of thioether (sulfide) groups is 1. The number of fused-ring (bicyclic) bond motifs is 1. The van der Waals surface area contributed by atoms with Gasteiger partial charge in [-0.2, -0.15) is 4.98 Å². The molecule has 0 N–H and O–H groups in total. The zero-order valence-electron chi connectivity index (χ0n) is 17.6. The average Bonchev–Trinajstić information content (AvgIpc) is 3.11. The number of benzene rings is 1. The van der Waals surface area contributed by atoms with Crippen LogP contribution in [-0.2, 0) is 4.79 Å². The van der Waals surface area contributed by atoms with Gasteiger partial charge in [0.15, 0.2) is 11.6 Å². The number of nitrogens with zero attached hydrogens (tertiary/aromatic N) is 3. The molecule has 1 aliphatic heterocycles. The molecule has 1 aliphatic carbocycles. The van der Waals surface area contributed by atoms with Gasteiger partial charge in [-0.3, -0.25) is 18.9 Å². The number of amides is 1. The maximum atomic E-state index is 14.3. The molecule has 2 aromatic heterocycles. The van der Waals surface area contributed by atoms with E-state index in [4.69, 9.17) is 17.0 Å². The molecular weight excluding hydrogens is 461 g/mol. The zero-order valence-corrected chi connectivity index (χ0v) is 19.2. The van der Waals surface area contributed by atoms with E-state index in [0.717, 1.165) is 32.1 Å². The number of rotatable bonds is 4. The summed E-state index contributed by atoms with van der Waals surface area (Å²) in [5.41, 5.74) is -0.0123. The first-order valence-corrected chi connectivity index (χ1v) is 12.0. The van der Waals surface area contributed by atoms with Gasteiger partial charge in [0.2, 0.25) is 5.88 Å². The second kappa shape index (κ2) is 9.07. The summed E-state index contributed by atoms with van der Waals surface area (Å²) in [4.78, 5) is 33.0. The average molecular weight is 482 g/mol. The van der Waals surface area contributed by atoms with E-state index in [0.29, 0.717) is 14.9 Å². The highest BCUT2D eigenvalue weighted by Gasteiger charge is 2.38. The van der Waals surface area contributed by atoms with Crippen molar-refractivity contribution in [3.05, 3.63) is 75.3 Å². The third-order valence-corrected chi connectivity index (χ3v) is 7.15. The fraction of sp³-hybridized carbons (Fsp3) is 0.250. The smallest absolute Gasteiger partial charge is 0.269 e. The van der Waals surface area contributed by atoms with Gasteiger partial charge in [0, 0.05) is 12.2 Å². The SMILES string of the molecule is O=C1/C(=C\c2c(Oc3ccccc3F)nc3ccccn3c2=O)SC(=S)N1C1CCCCC1. The predicted molar refractivity (Wildman–Crippen MR) is 130 cm³/mol. The van der Waals surface area contributed by atoms with Crippen molar-refractivity contribution in [2.45, 2.75) is 38.1 Å². The number of hydrogen-bond acceptors (Lipinski definition) is 6.